The second-order valence-corrected chi connectivity index (χ2v) is 4.56. The molecule has 0 radical (unpaired) electrons. The number of aromatic hydroxyl groups is 1. The highest BCUT2D eigenvalue weighted by molar-refractivity contribution is 6.08. The maximum atomic E-state index is 12.4. The fraction of sp³-hybridized carbons (Fsp3) is 0.133. The van der Waals surface area contributed by atoms with E-state index in [-0.39, 0.29) is 17.3 Å². The first-order chi connectivity index (χ1) is 10.1. The molecule has 0 atom stereocenters. The average molecular weight is 286 g/mol. The molecule has 0 unspecified atom stereocenters. The van der Waals surface area contributed by atoms with Gasteiger partial charge < -0.3 is 25.6 Å². The number of hydrogen-bond donors (Lipinski definition) is 3. The summed E-state index contributed by atoms with van der Waals surface area (Å²) in [6.07, 6.45) is 0. The molecule has 0 bridgehead atoms. The van der Waals surface area contributed by atoms with E-state index < -0.39 is 0 Å². The number of ether oxygens (including phenoxy) is 2. The number of para-hydroxylation sites is 1. The van der Waals surface area contributed by atoms with Crippen LogP contribution in [0.2, 0.25) is 0 Å². The van der Waals surface area contributed by atoms with Gasteiger partial charge in [-0.05, 0) is 24.3 Å². The van der Waals surface area contributed by atoms with Crippen molar-refractivity contribution in [1.82, 2.24) is 0 Å². The quantitative estimate of drug-likeness (QED) is 0.580. The Hall–Kier alpha value is -2.89. The molecule has 0 saturated carbocycles. The topological polar surface area (TPSA) is 93.8 Å². The molecule has 0 spiro atoms. The number of nitrogens with one attached hydrogen (secondary N) is 1. The zero-order valence-corrected chi connectivity index (χ0v) is 11.1. The number of phenols is 1. The molecule has 0 aromatic heterocycles. The number of nitrogens with two attached hydrogens (primary N) is 1. The van der Waals surface area contributed by atoms with Gasteiger partial charge >= 0.3 is 0 Å². The number of carbonyl (C=O) groups excluding carboxylic acids is 1. The number of hydrogen-bond acceptors (Lipinski definition) is 5. The second-order valence-electron chi connectivity index (χ2n) is 4.56. The molecule has 0 fully saturated rings. The van der Waals surface area contributed by atoms with Crippen molar-refractivity contribution in [2.45, 2.75) is 0 Å². The molecule has 3 rings (SSSR count). The van der Waals surface area contributed by atoms with Crippen molar-refractivity contribution in [3.8, 4) is 17.2 Å². The molecule has 4 N–H and O–H groups in total. The number of rotatable bonds is 2. The molecule has 2 aromatic carbocycles. The van der Waals surface area contributed by atoms with Crippen LogP contribution in [0.5, 0.6) is 17.2 Å². The van der Waals surface area contributed by atoms with Gasteiger partial charge in [-0.15, -0.1) is 0 Å². The molecule has 2 aromatic rings. The molecule has 21 heavy (non-hydrogen) atoms. The van der Waals surface area contributed by atoms with Crippen molar-refractivity contribution >= 4 is 17.3 Å². The van der Waals surface area contributed by atoms with E-state index in [1.807, 2.05) is 0 Å². The molecule has 6 nitrogen and oxygen atoms in total. The number of nitrogen functional groups attached to an aromatic ring is 1. The van der Waals surface area contributed by atoms with Gasteiger partial charge in [-0.1, -0.05) is 6.07 Å². The van der Waals surface area contributed by atoms with E-state index in [0.29, 0.717) is 36.0 Å². The summed E-state index contributed by atoms with van der Waals surface area (Å²) in [6, 6.07) is 9.49. The number of amides is 1. The minimum Gasteiger partial charge on any atom is -0.508 e. The van der Waals surface area contributed by atoms with Crippen LogP contribution in [0.4, 0.5) is 11.4 Å². The van der Waals surface area contributed by atoms with Gasteiger partial charge in [0.15, 0.2) is 11.5 Å². The van der Waals surface area contributed by atoms with Crippen molar-refractivity contribution < 1.29 is 19.4 Å². The van der Waals surface area contributed by atoms with Gasteiger partial charge in [0.25, 0.3) is 5.91 Å². The van der Waals surface area contributed by atoms with Crippen LogP contribution in [-0.2, 0) is 0 Å². The highest BCUT2D eigenvalue weighted by Crippen LogP contribution is 2.34. The summed E-state index contributed by atoms with van der Waals surface area (Å²) in [7, 11) is 0. The first-order valence-corrected chi connectivity index (χ1v) is 6.43. The van der Waals surface area contributed by atoms with Crippen LogP contribution >= 0.6 is 0 Å². The SMILES string of the molecule is Nc1cc(O)ccc1NC(=O)c1cccc2c1OCCO2. The Kier molecular flexibility index (Phi) is 3.27. The van der Waals surface area contributed by atoms with Crippen molar-refractivity contribution in [2.75, 3.05) is 24.3 Å². The highest BCUT2D eigenvalue weighted by Gasteiger charge is 2.20. The number of fused-ring (bicyclic) bond motifs is 1. The molecular formula is C15H14N2O4. The Bertz CT molecular complexity index is 700. The Morgan fingerprint density at radius 1 is 1.19 bits per heavy atom. The Balaban J connectivity index is 1.89. The van der Waals surface area contributed by atoms with Gasteiger partial charge in [-0.3, -0.25) is 4.79 Å². The zero-order valence-electron chi connectivity index (χ0n) is 11.1. The van der Waals surface area contributed by atoms with Crippen LogP contribution in [0, 0.1) is 0 Å². The van der Waals surface area contributed by atoms with E-state index in [0.717, 1.165) is 0 Å². The third kappa shape index (κ3) is 2.55. The van der Waals surface area contributed by atoms with Crippen molar-refractivity contribution in [2.24, 2.45) is 0 Å². The minimum atomic E-state index is -0.352. The van der Waals surface area contributed by atoms with Crippen LogP contribution in [0.15, 0.2) is 36.4 Å². The molecule has 6 heteroatoms. The normalized spacial score (nSPS) is 12.8. The first kappa shape index (κ1) is 13.1. The summed E-state index contributed by atoms with van der Waals surface area (Å²) in [4.78, 5) is 12.4. The number of phenolic OH excluding ortho intramolecular Hbond substituents is 1. The van der Waals surface area contributed by atoms with Crippen LogP contribution in [-0.4, -0.2) is 24.2 Å². The van der Waals surface area contributed by atoms with E-state index in [1.54, 1.807) is 18.2 Å². The van der Waals surface area contributed by atoms with E-state index in [1.165, 1.54) is 18.2 Å². The van der Waals surface area contributed by atoms with Crippen LogP contribution in [0.1, 0.15) is 10.4 Å². The van der Waals surface area contributed by atoms with Crippen LogP contribution < -0.4 is 20.5 Å². The van der Waals surface area contributed by atoms with Gasteiger partial charge in [-0.2, -0.15) is 0 Å². The summed E-state index contributed by atoms with van der Waals surface area (Å²) in [5.41, 5.74) is 6.84. The molecule has 1 aliphatic heterocycles. The van der Waals surface area contributed by atoms with E-state index in [9.17, 15) is 9.90 Å². The minimum absolute atomic E-state index is 0.0410. The smallest absolute Gasteiger partial charge is 0.259 e. The molecular weight excluding hydrogens is 272 g/mol. The second kappa shape index (κ2) is 5.24. The standard InChI is InChI=1S/C15H14N2O4/c16-11-8-9(18)4-5-12(11)17-15(19)10-2-1-3-13-14(10)21-7-6-20-13/h1-5,8,18H,6-7,16H2,(H,17,19). The van der Waals surface area contributed by atoms with Crippen LogP contribution in [0.3, 0.4) is 0 Å². The van der Waals surface area contributed by atoms with E-state index >= 15 is 0 Å². The highest BCUT2D eigenvalue weighted by atomic mass is 16.6. The Labute approximate surface area is 121 Å². The average Bonchev–Trinajstić information content (AvgIpc) is 2.49. The van der Waals surface area contributed by atoms with Gasteiger partial charge in [0.05, 0.1) is 16.9 Å². The zero-order chi connectivity index (χ0) is 14.8. The summed E-state index contributed by atoms with van der Waals surface area (Å²) in [5, 5.41) is 12.0. The lowest BCUT2D eigenvalue weighted by Crippen LogP contribution is -2.20. The number of benzene rings is 2. The predicted molar refractivity (Wildman–Crippen MR) is 77.9 cm³/mol. The molecule has 108 valence electrons. The molecule has 1 amide bonds. The Morgan fingerprint density at radius 2 is 2.00 bits per heavy atom. The lowest BCUT2D eigenvalue weighted by Gasteiger charge is -2.20. The fourth-order valence-corrected chi connectivity index (χ4v) is 2.11. The summed E-state index contributed by atoms with van der Waals surface area (Å²) in [6.45, 7) is 0.863. The maximum Gasteiger partial charge on any atom is 0.259 e. The van der Waals surface area contributed by atoms with Crippen molar-refractivity contribution in [1.29, 1.82) is 0 Å². The fourth-order valence-electron chi connectivity index (χ4n) is 2.11. The predicted octanol–water partition coefficient (Wildman–Crippen LogP) is 2.00. The Morgan fingerprint density at radius 3 is 2.81 bits per heavy atom. The van der Waals surface area contributed by atoms with Gasteiger partial charge in [0.2, 0.25) is 0 Å². The number of anilines is 2. The maximum absolute atomic E-state index is 12.4. The van der Waals surface area contributed by atoms with Gasteiger partial charge in [-0.25, -0.2) is 0 Å². The third-order valence-electron chi connectivity index (χ3n) is 3.09. The van der Waals surface area contributed by atoms with Crippen molar-refractivity contribution in [3.05, 3.63) is 42.0 Å². The summed E-state index contributed by atoms with van der Waals surface area (Å²) in [5.74, 6) is 0.667. The molecule has 0 saturated heterocycles. The number of carbonyl (C=O) groups is 1. The molecule has 1 aliphatic rings. The lowest BCUT2D eigenvalue weighted by atomic mass is 10.1. The van der Waals surface area contributed by atoms with E-state index in [4.69, 9.17) is 15.2 Å². The third-order valence-corrected chi connectivity index (χ3v) is 3.09. The summed E-state index contributed by atoms with van der Waals surface area (Å²) >= 11 is 0. The van der Waals surface area contributed by atoms with Crippen molar-refractivity contribution in [3.63, 3.8) is 0 Å². The van der Waals surface area contributed by atoms with Crippen LogP contribution in [0.25, 0.3) is 0 Å². The molecule has 1 heterocycles. The van der Waals surface area contributed by atoms with E-state index in [2.05, 4.69) is 5.32 Å². The van der Waals surface area contributed by atoms with Gasteiger partial charge in [0.1, 0.15) is 19.0 Å². The molecule has 0 aliphatic carbocycles. The van der Waals surface area contributed by atoms with Gasteiger partial charge in [0, 0.05) is 6.07 Å². The summed E-state index contributed by atoms with van der Waals surface area (Å²) < 4.78 is 10.9. The lowest BCUT2D eigenvalue weighted by molar-refractivity contribution is 0.101. The first-order valence-electron chi connectivity index (χ1n) is 6.43. The largest absolute Gasteiger partial charge is 0.508 e. The monoisotopic (exact) mass is 286 g/mol.